The molecule has 2 aromatic rings. The number of benzene rings is 1. The summed E-state index contributed by atoms with van der Waals surface area (Å²) in [5.74, 6) is -0.134. The summed E-state index contributed by atoms with van der Waals surface area (Å²) in [5, 5.41) is 3.22. The summed E-state index contributed by atoms with van der Waals surface area (Å²) in [6, 6.07) is 7.96. The van der Waals surface area contributed by atoms with Crippen molar-refractivity contribution in [2.45, 2.75) is 19.9 Å². The molecule has 4 nitrogen and oxygen atoms in total. The van der Waals surface area contributed by atoms with Crippen LogP contribution in [0.1, 0.15) is 40.4 Å². The van der Waals surface area contributed by atoms with E-state index in [1.807, 2.05) is 13.0 Å². The van der Waals surface area contributed by atoms with E-state index in [4.69, 9.17) is 4.42 Å². The molecule has 0 saturated heterocycles. The predicted octanol–water partition coefficient (Wildman–Crippen LogP) is 3.21. The summed E-state index contributed by atoms with van der Waals surface area (Å²) in [6.07, 6.45) is 0. The molecule has 112 valence electrons. The number of rotatable bonds is 5. The molecule has 0 saturated carbocycles. The smallest absolute Gasteiger partial charge is 0.373 e. The summed E-state index contributed by atoms with van der Waals surface area (Å²) in [4.78, 5) is 11.4. The van der Waals surface area contributed by atoms with Crippen LogP contribution in [0.3, 0.4) is 0 Å². The van der Waals surface area contributed by atoms with Gasteiger partial charge in [0.1, 0.15) is 11.6 Å². The zero-order valence-electron chi connectivity index (χ0n) is 12.3. The van der Waals surface area contributed by atoms with Gasteiger partial charge in [0.05, 0.1) is 13.2 Å². The summed E-state index contributed by atoms with van der Waals surface area (Å²) in [7, 11) is 1.29. The first-order chi connectivity index (χ1) is 10.1. The van der Waals surface area contributed by atoms with Crippen molar-refractivity contribution in [2.24, 2.45) is 0 Å². The fourth-order valence-corrected chi connectivity index (χ4v) is 2.09. The third-order valence-electron chi connectivity index (χ3n) is 3.24. The number of furan rings is 1. The highest BCUT2D eigenvalue weighted by Crippen LogP contribution is 2.25. The number of hydrogen-bond donors (Lipinski definition) is 1. The normalized spacial score (nSPS) is 12.2. The second-order valence-corrected chi connectivity index (χ2v) is 4.69. The van der Waals surface area contributed by atoms with Gasteiger partial charge in [0.2, 0.25) is 5.76 Å². The average Bonchev–Trinajstić information content (AvgIpc) is 2.96. The molecule has 0 radical (unpaired) electrons. The van der Waals surface area contributed by atoms with Crippen LogP contribution < -0.4 is 5.32 Å². The SMILES string of the molecule is CCNC(c1ccc(C)c(F)c1)c1ccc(C(=O)OC)o1. The van der Waals surface area contributed by atoms with Gasteiger partial charge in [0.25, 0.3) is 0 Å². The first kappa shape index (κ1) is 15.3. The van der Waals surface area contributed by atoms with Crippen LogP contribution in [0.4, 0.5) is 4.39 Å². The molecular formula is C16H18FNO3. The molecule has 1 unspecified atom stereocenters. The van der Waals surface area contributed by atoms with Gasteiger partial charge < -0.3 is 14.5 Å². The van der Waals surface area contributed by atoms with Gasteiger partial charge in [-0.2, -0.15) is 0 Å². The van der Waals surface area contributed by atoms with Gasteiger partial charge >= 0.3 is 5.97 Å². The van der Waals surface area contributed by atoms with Crippen molar-refractivity contribution < 1.29 is 18.3 Å². The van der Waals surface area contributed by atoms with Crippen LogP contribution in [-0.2, 0) is 4.74 Å². The summed E-state index contributed by atoms with van der Waals surface area (Å²) in [5.41, 5.74) is 1.33. The number of ether oxygens (including phenoxy) is 1. The Hall–Kier alpha value is -2.14. The van der Waals surface area contributed by atoms with Crippen LogP contribution >= 0.6 is 0 Å². The third-order valence-corrected chi connectivity index (χ3v) is 3.24. The van der Waals surface area contributed by atoms with Gasteiger partial charge in [-0.3, -0.25) is 0 Å². The van der Waals surface area contributed by atoms with Crippen LogP contribution in [0.15, 0.2) is 34.7 Å². The standard InChI is InChI=1S/C16H18FNO3/c1-4-18-15(11-6-5-10(2)12(17)9-11)13-7-8-14(21-13)16(19)20-3/h5-9,15,18H,4H2,1-3H3. The number of carbonyl (C=O) groups is 1. The Bertz CT molecular complexity index is 636. The molecule has 0 aliphatic heterocycles. The van der Waals surface area contributed by atoms with Crippen LogP contribution in [0.2, 0.25) is 0 Å². The van der Waals surface area contributed by atoms with E-state index in [-0.39, 0.29) is 17.6 Å². The van der Waals surface area contributed by atoms with Crippen LogP contribution in [-0.4, -0.2) is 19.6 Å². The molecule has 2 rings (SSSR count). The Morgan fingerprint density at radius 2 is 2.14 bits per heavy atom. The number of methoxy groups -OCH3 is 1. The molecule has 0 bridgehead atoms. The highest BCUT2D eigenvalue weighted by molar-refractivity contribution is 5.86. The van der Waals surface area contributed by atoms with E-state index in [0.29, 0.717) is 17.9 Å². The Balaban J connectivity index is 2.36. The van der Waals surface area contributed by atoms with Crippen molar-refractivity contribution in [1.82, 2.24) is 5.32 Å². The molecule has 0 spiro atoms. The number of carbonyl (C=O) groups excluding carboxylic acids is 1. The van der Waals surface area contributed by atoms with E-state index in [0.717, 1.165) is 5.56 Å². The number of hydrogen-bond acceptors (Lipinski definition) is 4. The minimum Gasteiger partial charge on any atom is -0.463 e. The monoisotopic (exact) mass is 291 g/mol. The van der Waals surface area contributed by atoms with Gasteiger partial charge in [-0.15, -0.1) is 0 Å². The van der Waals surface area contributed by atoms with Crippen molar-refractivity contribution in [3.05, 3.63) is 58.8 Å². The molecule has 1 heterocycles. The maximum absolute atomic E-state index is 13.8. The van der Waals surface area contributed by atoms with Gasteiger partial charge in [0, 0.05) is 0 Å². The van der Waals surface area contributed by atoms with E-state index >= 15 is 0 Å². The van der Waals surface area contributed by atoms with Crippen molar-refractivity contribution in [1.29, 1.82) is 0 Å². The number of halogens is 1. The quantitative estimate of drug-likeness (QED) is 0.859. The maximum atomic E-state index is 13.8. The minimum atomic E-state index is -0.536. The second kappa shape index (κ2) is 6.54. The van der Waals surface area contributed by atoms with Gasteiger partial charge in [-0.05, 0) is 42.8 Å². The lowest BCUT2D eigenvalue weighted by atomic mass is 10.0. The Morgan fingerprint density at radius 1 is 1.38 bits per heavy atom. The predicted molar refractivity (Wildman–Crippen MR) is 76.7 cm³/mol. The molecule has 5 heteroatoms. The fraction of sp³-hybridized carbons (Fsp3) is 0.312. The van der Waals surface area contributed by atoms with E-state index < -0.39 is 5.97 Å². The third kappa shape index (κ3) is 3.31. The molecule has 0 fully saturated rings. The second-order valence-electron chi connectivity index (χ2n) is 4.69. The van der Waals surface area contributed by atoms with Crippen LogP contribution in [0.5, 0.6) is 0 Å². The summed E-state index contributed by atoms with van der Waals surface area (Å²) >= 11 is 0. The van der Waals surface area contributed by atoms with E-state index in [1.54, 1.807) is 25.1 Å². The fourth-order valence-electron chi connectivity index (χ4n) is 2.09. The summed E-state index contributed by atoms with van der Waals surface area (Å²) in [6.45, 7) is 4.33. The zero-order valence-corrected chi connectivity index (χ0v) is 12.3. The van der Waals surface area contributed by atoms with E-state index in [1.165, 1.54) is 13.2 Å². The molecule has 1 atom stereocenters. The van der Waals surface area contributed by atoms with Crippen molar-refractivity contribution >= 4 is 5.97 Å². The zero-order chi connectivity index (χ0) is 15.4. The summed E-state index contributed by atoms with van der Waals surface area (Å²) < 4.78 is 23.9. The lowest BCUT2D eigenvalue weighted by Crippen LogP contribution is -2.21. The molecule has 1 aromatic carbocycles. The number of esters is 1. The van der Waals surface area contributed by atoms with E-state index in [2.05, 4.69) is 10.1 Å². The van der Waals surface area contributed by atoms with Crippen LogP contribution in [0.25, 0.3) is 0 Å². The van der Waals surface area contributed by atoms with E-state index in [9.17, 15) is 9.18 Å². The molecule has 1 N–H and O–H groups in total. The van der Waals surface area contributed by atoms with Crippen molar-refractivity contribution in [3.63, 3.8) is 0 Å². The van der Waals surface area contributed by atoms with Gasteiger partial charge in [-0.1, -0.05) is 19.1 Å². The van der Waals surface area contributed by atoms with Gasteiger partial charge in [0.15, 0.2) is 0 Å². The molecule has 0 aliphatic carbocycles. The number of aryl methyl sites for hydroxylation is 1. The van der Waals surface area contributed by atoms with Gasteiger partial charge in [-0.25, -0.2) is 9.18 Å². The Kier molecular flexibility index (Phi) is 4.75. The molecular weight excluding hydrogens is 273 g/mol. The minimum absolute atomic E-state index is 0.128. The Morgan fingerprint density at radius 3 is 2.76 bits per heavy atom. The molecule has 21 heavy (non-hydrogen) atoms. The topological polar surface area (TPSA) is 51.5 Å². The van der Waals surface area contributed by atoms with Crippen molar-refractivity contribution in [2.75, 3.05) is 13.7 Å². The molecule has 1 aromatic heterocycles. The molecule has 0 amide bonds. The maximum Gasteiger partial charge on any atom is 0.373 e. The lowest BCUT2D eigenvalue weighted by Gasteiger charge is -2.16. The number of nitrogens with one attached hydrogen (secondary N) is 1. The van der Waals surface area contributed by atoms with Crippen LogP contribution in [0, 0.1) is 12.7 Å². The average molecular weight is 291 g/mol. The first-order valence-corrected chi connectivity index (χ1v) is 6.74. The highest BCUT2D eigenvalue weighted by Gasteiger charge is 2.20. The van der Waals surface area contributed by atoms with Crippen molar-refractivity contribution in [3.8, 4) is 0 Å². The molecule has 0 aliphatic rings. The highest BCUT2D eigenvalue weighted by atomic mass is 19.1. The lowest BCUT2D eigenvalue weighted by molar-refractivity contribution is 0.0562. The Labute approximate surface area is 122 Å². The largest absolute Gasteiger partial charge is 0.463 e. The first-order valence-electron chi connectivity index (χ1n) is 6.74.